The van der Waals surface area contributed by atoms with E-state index in [0.29, 0.717) is 0 Å². The molecular formula is C8H7O3+. The van der Waals surface area contributed by atoms with E-state index in [9.17, 15) is 4.96 Å². The summed E-state index contributed by atoms with van der Waals surface area (Å²) in [6.45, 7) is 0. The molecule has 0 heterocycles. The monoisotopic (exact) mass is 151 g/mol. The Bertz CT molecular complexity index is 260. The Morgan fingerprint density at radius 3 is 2.00 bits per heavy atom. The van der Waals surface area contributed by atoms with E-state index in [1.54, 1.807) is 0 Å². The molecule has 3 nitrogen and oxygen atoms in total. The molecule has 0 aliphatic heterocycles. The Hall–Kier alpha value is -0.600. The smallest absolute Gasteiger partial charge is 0.0660 e. The molecule has 6 aliphatic rings. The van der Waals surface area contributed by atoms with Gasteiger partial charge in [-0.25, -0.2) is 0 Å². The van der Waals surface area contributed by atoms with Crippen LogP contribution in [0.25, 0.3) is 0 Å². The van der Waals surface area contributed by atoms with Gasteiger partial charge in [0.2, 0.25) is 5.60 Å². The lowest BCUT2D eigenvalue weighted by molar-refractivity contribution is -0.620. The van der Waals surface area contributed by atoms with Crippen LogP contribution in [0.2, 0.25) is 0 Å². The summed E-state index contributed by atoms with van der Waals surface area (Å²) in [5.41, 5.74) is -0.0174. The van der Waals surface area contributed by atoms with Crippen molar-refractivity contribution in [2.24, 2.45) is 41.4 Å². The summed E-state index contributed by atoms with van der Waals surface area (Å²) < 4.78 is 3.60. The summed E-state index contributed by atoms with van der Waals surface area (Å²) in [7, 11) is 0. The maximum atomic E-state index is 9.89. The Morgan fingerprint density at radius 1 is 1.00 bits per heavy atom. The maximum Gasteiger partial charge on any atom is 0.377 e. The molecule has 6 aliphatic carbocycles. The van der Waals surface area contributed by atoms with Gasteiger partial charge in [-0.05, 0) is 23.7 Å². The van der Waals surface area contributed by atoms with E-state index in [4.69, 9.17) is 4.89 Å². The summed E-state index contributed by atoms with van der Waals surface area (Å²) in [5, 5.41) is 0. The van der Waals surface area contributed by atoms with Gasteiger partial charge < -0.3 is 0 Å². The van der Waals surface area contributed by atoms with E-state index in [2.05, 4.69) is 4.75 Å². The van der Waals surface area contributed by atoms with Crippen molar-refractivity contribution in [3.63, 3.8) is 0 Å². The van der Waals surface area contributed by atoms with E-state index >= 15 is 0 Å². The van der Waals surface area contributed by atoms with Crippen LogP contribution in [0.5, 0.6) is 0 Å². The van der Waals surface area contributed by atoms with Crippen molar-refractivity contribution in [2.75, 3.05) is 0 Å². The van der Waals surface area contributed by atoms with Crippen molar-refractivity contribution >= 4 is 0 Å². The zero-order chi connectivity index (χ0) is 6.96. The molecule has 6 rings (SSSR count). The summed E-state index contributed by atoms with van der Waals surface area (Å²) in [5.74, 6) is 6.22. The Labute approximate surface area is 62.6 Å². The highest BCUT2D eigenvalue weighted by molar-refractivity contribution is 5.52. The van der Waals surface area contributed by atoms with Gasteiger partial charge in [-0.15, -0.1) is 0 Å². The first-order chi connectivity index (χ1) is 5.43. The molecule has 6 fully saturated rings. The second-order valence-electron chi connectivity index (χ2n) is 4.89. The zero-order valence-electron chi connectivity index (χ0n) is 5.77. The second kappa shape index (κ2) is 0.822. The van der Waals surface area contributed by atoms with Gasteiger partial charge in [0, 0.05) is 17.8 Å². The lowest BCUT2D eigenvalue weighted by atomic mass is 8.99. The zero-order valence-corrected chi connectivity index (χ0v) is 5.77. The van der Waals surface area contributed by atoms with Crippen molar-refractivity contribution in [1.29, 1.82) is 0 Å². The first-order valence-electron chi connectivity index (χ1n) is 4.40. The van der Waals surface area contributed by atoms with Crippen LogP contribution in [-0.2, 0) is 4.89 Å². The molecule has 0 amide bonds. The van der Waals surface area contributed by atoms with Gasteiger partial charge in [-0.3, -0.25) is 0 Å². The van der Waals surface area contributed by atoms with E-state index in [1.807, 2.05) is 0 Å². The van der Waals surface area contributed by atoms with Crippen molar-refractivity contribution in [2.45, 2.75) is 5.60 Å². The number of hydrogen-bond acceptors (Lipinski definition) is 2. The number of rotatable bonds is 2. The molecule has 6 saturated carbocycles. The molecule has 0 aromatic carbocycles. The summed E-state index contributed by atoms with van der Waals surface area (Å²) in [6, 6.07) is 0. The second-order valence-corrected chi connectivity index (χ2v) is 4.89. The lowest BCUT2D eigenvalue weighted by Gasteiger charge is -3.02. The number of hydrogen-bond donors (Lipinski definition) is 0. The first-order valence-corrected chi connectivity index (χ1v) is 4.40. The molecule has 3 heteroatoms. The van der Waals surface area contributed by atoms with E-state index < -0.39 is 0 Å². The molecule has 0 N–H and O–H groups in total. The average Bonchev–Trinajstić information content (AvgIpc) is 2.06. The minimum atomic E-state index is -0.0174. The third-order valence-corrected chi connectivity index (χ3v) is 5.56. The van der Waals surface area contributed by atoms with Gasteiger partial charge in [0.25, 0.3) is 4.96 Å². The highest BCUT2D eigenvalue weighted by atomic mass is 17.3. The third-order valence-electron chi connectivity index (χ3n) is 5.56. The molecule has 0 saturated heterocycles. The van der Waals surface area contributed by atoms with Gasteiger partial charge in [0.15, 0.2) is 0 Å². The minimum Gasteiger partial charge on any atom is -0.0660 e. The Kier molecular flexibility index (Phi) is 0.331. The molecule has 56 valence electrons. The Balaban J connectivity index is 1.68. The van der Waals surface area contributed by atoms with Gasteiger partial charge >= 0.3 is 4.75 Å². The largest absolute Gasteiger partial charge is 0.377 e. The van der Waals surface area contributed by atoms with Crippen molar-refractivity contribution in [3.8, 4) is 0 Å². The van der Waals surface area contributed by atoms with Gasteiger partial charge in [0.1, 0.15) is 0 Å². The molecular weight excluding hydrogens is 144 g/mol. The van der Waals surface area contributed by atoms with Crippen LogP contribution in [0.4, 0.5) is 0 Å². The fourth-order valence-electron chi connectivity index (χ4n) is 5.55. The molecule has 0 radical (unpaired) electrons. The third kappa shape index (κ3) is 0.156. The van der Waals surface area contributed by atoms with Crippen molar-refractivity contribution in [3.05, 3.63) is 9.71 Å². The molecule has 0 bridgehead atoms. The van der Waals surface area contributed by atoms with Crippen LogP contribution >= 0.6 is 0 Å². The quantitative estimate of drug-likeness (QED) is 0.330. The normalized spacial score (nSPS) is 87.8. The van der Waals surface area contributed by atoms with Crippen LogP contribution in [0.1, 0.15) is 0 Å². The molecule has 0 unspecified atom stereocenters. The van der Waals surface area contributed by atoms with E-state index in [-0.39, 0.29) is 5.60 Å². The van der Waals surface area contributed by atoms with Gasteiger partial charge in [0.05, 0.1) is 0 Å². The van der Waals surface area contributed by atoms with Gasteiger partial charge in [-0.2, -0.15) is 0 Å². The minimum absolute atomic E-state index is 0.0174. The summed E-state index contributed by atoms with van der Waals surface area (Å²) >= 11 is 0. The Morgan fingerprint density at radius 2 is 1.55 bits per heavy atom. The van der Waals surface area contributed by atoms with Gasteiger partial charge in [-0.1, -0.05) is 4.89 Å². The highest BCUT2D eigenvalue weighted by Crippen LogP contribution is 3.03. The van der Waals surface area contributed by atoms with Crippen LogP contribution in [0, 0.1) is 51.1 Å². The summed E-state index contributed by atoms with van der Waals surface area (Å²) in [6.07, 6.45) is 0. The van der Waals surface area contributed by atoms with Crippen LogP contribution in [-0.4, -0.2) is 5.60 Å². The van der Waals surface area contributed by atoms with Crippen LogP contribution in [0.3, 0.4) is 0 Å². The predicted molar refractivity (Wildman–Crippen MR) is 35.0 cm³/mol. The molecule has 0 aromatic heterocycles. The van der Waals surface area contributed by atoms with Crippen LogP contribution in [0.15, 0.2) is 0 Å². The average molecular weight is 151 g/mol. The van der Waals surface area contributed by atoms with Crippen molar-refractivity contribution < 1.29 is 4.89 Å². The topological polar surface area (TPSA) is 37.6 Å². The highest BCUT2D eigenvalue weighted by Gasteiger charge is 3.09. The van der Waals surface area contributed by atoms with E-state index in [0.717, 1.165) is 41.4 Å². The van der Waals surface area contributed by atoms with E-state index in [1.165, 1.54) is 0 Å². The maximum absolute atomic E-state index is 9.89. The summed E-state index contributed by atoms with van der Waals surface area (Å²) in [4.78, 5) is 14.8. The van der Waals surface area contributed by atoms with Crippen molar-refractivity contribution in [1.82, 2.24) is 0 Å². The molecule has 0 spiro atoms. The SMILES string of the molecule is O=[O+]OC12C3C4C5C3C1C5C42. The van der Waals surface area contributed by atoms with Crippen LogP contribution < -0.4 is 0 Å². The molecule has 11 heavy (non-hydrogen) atoms. The first kappa shape index (κ1) is 4.43. The predicted octanol–water partition coefficient (Wildman–Crippen LogP) is 0.654. The fourth-order valence-corrected chi connectivity index (χ4v) is 5.55. The molecule has 0 aromatic rings. The standard InChI is InChI=1S/C8H7O3/c9-11-10-8-5-2-1-3(5)7(8)4(1)6(2)8/h1-7H/q+1. The fraction of sp³-hybridized carbons (Fsp3) is 1.00. The molecule has 0 atom stereocenters. The lowest BCUT2D eigenvalue weighted by Crippen LogP contribution is -3.08.